The smallest absolute Gasteiger partial charge is 0.319 e. The molecule has 19 heavy (non-hydrogen) atoms. The van der Waals surface area contributed by atoms with Gasteiger partial charge in [0, 0.05) is 46.2 Å². The third-order valence-electron chi connectivity index (χ3n) is 4.34. The van der Waals surface area contributed by atoms with Gasteiger partial charge in [0.1, 0.15) is 0 Å². The normalized spacial score (nSPS) is 24.3. The highest BCUT2D eigenvalue weighted by atomic mass is 16.5. The first-order valence-electron chi connectivity index (χ1n) is 7.30. The van der Waals surface area contributed by atoms with Gasteiger partial charge < -0.3 is 19.6 Å². The van der Waals surface area contributed by atoms with Gasteiger partial charge in [-0.25, -0.2) is 4.79 Å². The number of likely N-dealkylation sites (N-methyl/N-ethyl adjacent to an activating group) is 1. The summed E-state index contributed by atoms with van der Waals surface area (Å²) in [7, 11) is 1.79. The van der Waals surface area contributed by atoms with Crippen molar-refractivity contribution >= 4 is 6.03 Å². The van der Waals surface area contributed by atoms with E-state index in [2.05, 4.69) is 6.92 Å². The van der Waals surface area contributed by atoms with Gasteiger partial charge in [-0.1, -0.05) is 6.92 Å². The van der Waals surface area contributed by atoms with Gasteiger partial charge in [-0.15, -0.1) is 0 Å². The molecule has 2 amide bonds. The molecule has 0 aliphatic carbocycles. The van der Waals surface area contributed by atoms with E-state index in [1.165, 1.54) is 0 Å². The highest BCUT2D eigenvalue weighted by Crippen LogP contribution is 2.22. The lowest BCUT2D eigenvalue weighted by Gasteiger charge is -2.38. The molecule has 0 aromatic heterocycles. The second-order valence-electron chi connectivity index (χ2n) is 6.14. The van der Waals surface area contributed by atoms with Crippen LogP contribution in [-0.2, 0) is 4.74 Å². The first-order chi connectivity index (χ1) is 9.00. The number of nitrogens with zero attached hydrogens (tertiary/aromatic N) is 2. The largest absolute Gasteiger partial charge is 0.388 e. The number of piperidine rings is 1. The van der Waals surface area contributed by atoms with Gasteiger partial charge in [0.25, 0.3) is 0 Å². The van der Waals surface area contributed by atoms with E-state index in [0.29, 0.717) is 38.5 Å². The predicted molar refractivity (Wildman–Crippen MR) is 73.0 cm³/mol. The van der Waals surface area contributed by atoms with Gasteiger partial charge in [-0.2, -0.15) is 0 Å². The summed E-state index contributed by atoms with van der Waals surface area (Å²) in [5.74, 6) is 0.717. The molecular formula is C14H26N2O3. The van der Waals surface area contributed by atoms with Crippen molar-refractivity contribution in [2.24, 2.45) is 5.92 Å². The zero-order valence-electron chi connectivity index (χ0n) is 12.1. The van der Waals surface area contributed by atoms with Crippen LogP contribution in [0.4, 0.5) is 4.79 Å². The zero-order chi connectivity index (χ0) is 13.9. The molecule has 2 saturated heterocycles. The number of carbonyl (C=O) groups excluding carboxylic acids is 1. The van der Waals surface area contributed by atoms with Crippen LogP contribution in [0.1, 0.15) is 32.6 Å². The number of ether oxygens (including phenoxy) is 1. The number of aliphatic hydroxyl groups is 1. The Morgan fingerprint density at radius 3 is 2.53 bits per heavy atom. The van der Waals surface area contributed by atoms with Crippen LogP contribution in [0.5, 0.6) is 0 Å². The summed E-state index contributed by atoms with van der Waals surface area (Å²) in [5, 5.41) is 10.4. The fourth-order valence-corrected chi connectivity index (χ4v) is 2.86. The Balaban J connectivity index is 1.84. The summed E-state index contributed by atoms with van der Waals surface area (Å²) < 4.78 is 5.26. The monoisotopic (exact) mass is 270 g/mol. The van der Waals surface area contributed by atoms with Crippen LogP contribution >= 0.6 is 0 Å². The summed E-state index contributed by atoms with van der Waals surface area (Å²) in [6.45, 7) is 5.48. The van der Waals surface area contributed by atoms with Crippen molar-refractivity contribution in [1.29, 1.82) is 0 Å². The Bertz CT molecular complexity index is 308. The van der Waals surface area contributed by atoms with Gasteiger partial charge >= 0.3 is 6.03 Å². The molecule has 0 unspecified atom stereocenters. The van der Waals surface area contributed by atoms with Crippen molar-refractivity contribution < 1.29 is 14.6 Å². The van der Waals surface area contributed by atoms with Crippen LogP contribution in [0.2, 0.25) is 0 Å². The Morgan fingerprint density at radius 2 is 1.95 bits per heavy atom. The number of amides is 2. The molecule has 110 valence electrons. The summed E-state index contributed by atoms with van der Waals surface area (Å²) in [5.41, 5.74) is -0.772. The maximum Gasteiger partial charge on any atom is 0.319 e. The molecule has 2 aliphatic rings. The molecule has 0 radical (unpaired) electrons. The molecule has 5 nitrogen and oxygen atoms in total. The Hall–Kier alpha value is -0.810. The summed E-state index contributed by atoms with van der Waals surface area (Å²) in [6, 6.07) is 0.0480. The SMILES string of the molecule is CC1CCN(C(=O)N(C)CC2(O)CCOCC2)CC1. The van der Waals surface area contributed by atoms with Gasteiger partial charge in [-0.05, 0) is 18.8 Å². The molecule has 0 bridgehead atoms. The minimum atomic E-state index is -0.772. The van der Waals surface area contributed by atoms with E-state index < -0.39 is 5.60 Å². The molecular weight excluding hydrogens is 244 g/mol. The average Bonchev–Trinajstić information content (AvgIpc) is 2.39. The number of hydrogen-bond acceptors (Lipinski definition) is 3. The molecule has 0 aromatic rings. The maximum atomic E-state index is 12.3. The van der Waals surface area contributed by atoms with E-state index in [1.807, 2.05) is 4.90 Å². The summed E-state index contributed by atoms with van der Waals surface area (Å²) in [6.07, 6.45) is 3.39. The Labute approximate surface area is 115 Å². The number of rotatable bonds is 2. The maximum absolute atomic E-state index is 12.3. The molecule has 0 aromatic carbocycles. The third-order valence-corrected chi connectivity index (χ3v) is 4.34. The molecule has 2 heterocycles. The molecule has 2 rings (SSSR count). The standard InChI is InChI=1S/C14H26N2O3/c1-12-3-7-16(8-4-12)13(17)15(2)11-14(18)5-9-19-10-6-14/h12,18H,3-11H2,1-2H3. The van der Waals surface area contributed by atoms with Crippen LogP contribution in [0, 0.1) is 5.92 Å². The first-order valence-corrected chi connectivity index (χ1v) is 7.30. The fourth-order valence-electron chi connectivity index (χ4n) is 2.86. The van der Waals surface area contributed by atoms with Crippen molar-refractivity contribution in [3.63, 3.8) is 0 Å². The van der Waals surface area contributed by atoms with Crippen LogP contribution < -0.4 is 0 Å². The van der Waals surface area contributed by atoms with E-state index in [1.54, 1.807) is 11.9 Å². The van der Waals surface area contributed by atoms with E-state index >= 15 is 0 Å². The summed E-state index contributed by atoms with van der Waals surface area (Å²) >= 11 is 0. The topological polar surface area (TPSA) is 53.0 Å². The van der Waals surface area contributed by atoms with Crippen molar-refractivity contribution in [2.45, 2.75) is 38.2 Å². The predicted octanol–water partition coefficient (Wildman–Crippen LogP) is 1.31. The fraction of sp³-hybridized carbons (Fsp3) is 0.929. The van der Waals surface area contributed by atoms with E-state index in [9.17, 15) is 9.90 Å². The van der Waals surface area contributed by atoms with Gasteiger partial charge in [0.05, 0.1) is 12.1 Å². The van der Waals surface area contributed by atoms with E-state index in [0.717, 1.165) is 25.9 Å². The minimum absolute atomic E-state index is 0.0480. The van der Waals surface area contributed by atoms with Crippen molar-refractivity contribution in [3.8, 4) is 0 Å². The molecule has 0 spiro atoms. The third kappa shape index (κ3) is 3.83. The molecule has 2 aliphatic heterocycles. The van der Waals surface area contributed by atoms with Crippen LogP contribution in [0.15, 0.2) is 0 Å². The first kappa shape index (κ1) is 14.6. The van der Waals surface area contributed by atoms with Gasteiger partial charge in [0.15, 0.2) is 0 Å². The molecule has 0 atom stereocenters. The molecule has 0 saturated carbocycles. The lowest BCUT2D eigenvalue weighted by atomic mass is 9.94. The van der Waals surface area contributed by atoms with Crippen molar-refractivity contribution in [1.82, 2.24) is 9.80 Å². The molecule has 5 heteroatoms. The van der Waals surface area contributed by atoms with Gasteiger partial charge in [0.2, 0.25) is 0 Å². The van der Waals surface area contributed by atoms with Crippen LogP contribution in [0.3, 0.4) is 0 Å². The van der Waals surface area contributed by atoms with Crippen molar-refractivity contribution in [2.75, 3.05) is 39.9 Å². The quantitative estimate of drug-likeness (QED) is 0.823. The van der Waals surface area contributed by atoms with Crippen molar-refractivity contribution in [3.05, 3.63) is 0 Å². The lowest BCUT2D eigenvalue weighted by Crippen LogP contribution is -2.52. The summed E-state index contributed by atoms with van der Waals surface area (Å²) in [4.78, 5) is 15.9. The molecule has 1 N–H and O–H groups in total. The Kier molecular flexibility index (Phi) is 4.68. The number of carbonyl (C=O) groups is 1. The lowest BCUT2D eigenvalue weighted by molar-refractivity contribution is -0.0735. The average molecular weight is 270 g/mol. The second-order valence-corrected chi connectivity index (χ2v) is 6.14. The van der Waals surface area contributed by atoms with E-state index in [4.69, 9.17) is 4.74 Å². The van der Waals surface area contributed by atoms with Crippen LogP contribution in [-0.4, -0.2) is 66.4 Å². The second kappa shape index (κ2) is 6.09. The minimum Gasteiger partial charge on any atom is -0.388 e. The van der Waals surface area contributed by atoms with E-state index in [-0.39, 0.29) is 6.03 Å². The number of hydrogen-bond donors (Lipinski definition) is 1. The highest BCUT2D eigenvalue weighted by molar-refractivity contribution is 5.74. The highest BCUT2D eigenvalue weighted by Gasteiger charge is 2.33. The van der Waals surface area contributed by atoms with Crippen LogP contribution in [0.25, 0.3) is 0 Å². The van der Waals surface area contributed by atoms with Gasteiger partial charge in [-0.3, -0.25) is 0 Å². The number of urea groups is 1. The Morgan fingerprint density at radius 1 is 1.37 bits per heavy atom. The zero-order valence-corrected chi connectivity index (χ0v) is 12.1. The number of likely N-dealkylation sites (tertiary alicyclic amines) is 1. The molecule has 2 fully saturated rings.